The van der Waals surface area contributed by atoms with Gasteiger partial charge in [0.1, 0.15) is 42.4 Å². The van der Waals surface area contributed by atoms with Gasteiger partial charge in [-0.05, 0) is 49.9 Å². The number of alkyl halides is 3. The van der Waals surface area contributed by atoms with Crippen molar-refractivity contribution in [2.45, 2.75) is 63.8 Å². The highest BCUT2D eigenvalue weighted by Crippen LogP contribution is 2.51. The van der Waals surface area contributed by atoms with Crippen molar-refractivity contribution in [2.24, 2.45) is 0 Å². The van der Waals surface area contributed by atoms with Gasteiger partial charge in [0.25, 0.3) is 0 Å². The average molecular weight is 569 g/mol. The van der Waals surface area contributed by atoms with E-state index in [4.69, 9.17) is 14.2 Å². The minimum atomic E-state index is -5.45. The van der Waals surface area contributed by atoms with E-state index in [-0.39, 0.29) is 23.5 Å². The van der Waals surface area contributed by atoms with E-state index in [1.165, 1.54) is 6.07 Å². The second-order valence-electron chi connectivity index (χ2n) is 10.3. The van der Waals surface area contributed by atoms with Crippen LogP contribution in [0.1, 0.15) is 43.6 Å². The smallest absolute Gasteiger partial charge is 0.471 e. The van der Waals surface area contributed by atoms with Gasteiger partial charge >= 0.3 is 24.1 Å². The molecule has 0 bridgehead atoms. The summed E-state index contributed by atoms with van der Waals surface area (Å²) in [7, 11) is 0.923. The van der Waals surface area contributed by atoms with Crippen molar-refractivity contribution < 1.29 is 50.9 Å². The molecular weight excluding hydrogens is 540 g/mol. The normalized spacial score (nSPS) is 19.6. The minimum absolute atomic E-state index is 0.0437. The van der Waals surface area contributed by atoms with Crippen LogP contribution in [0.3, 0.4) is 0 Å². The molecule has 1 fully saturated rings. The Hall–Kier alpha value is -3.87. The van der Waals surface area contributed by atoms with Gasteiger partial charge in [0.05, 0.1) is 13.2 Å². The highest BCUT2D eigenvalue weighted by atomic mass is 19.4. The summed E-state index contributed by atoms with van der Waals surface area (Å²) >= 11 is 0. The third kappa shape index (κ3) is 6.46. The first-order valence-electron chi connectivity index (χ1n) is 12.3. The van der Waals surface area contributed by atoms with E-state index in [1.54, 1.807) is 51.1 Å². The number of epoxide rings is 1. The number of amides is 2. The number of halogens is 4. The Bertz CT molecular complexity index is 1290. The number of methoxy groups -OCH3 is 1. The number of hydrogen-bond donors (Lipinski definition) is 1. The molecule has 0 spiro atoms. The van der Waals surface area contributed by atoms with Crippen molar-refractivity contribution in [3.63, 3.8) is 0 Å². The van der Waals surface area contributed by atoms with Crippen LogP contribution in [-0.4, -0.2) is 55.5 Å². The third-order valence-corrected chi connectivity index (χ3v) is 6.21. The van der Waals surface area contributed by atoms with E-state index >= 15 is 4.39 Å². The summed E-state index contributed by atoms with van der Waals surface area (Å²) in [4.78, 5) is 36.8. The van der Waals surface area contributed by atoms with Crippen molar-refractivity contribution in [1.82, 2.24) is 5.32 Å². The molecule has 1 heterocycles. The summed E-state index contributed by atoms with van der Waals surface area (Å²) in [5, 5.41) is 2.61. The molecule has 4 rings (SSSR count). The Balaban J connectivity index is 1.77. The number of rotatable bonds is 7. The summed E-state index contributed by atoms with van der Waals surface area (Å²) in [6, 6.07) is 9.09. The van der Waals surface area contributed by atoms with Gasteiger partial charge in [-0.1, -0.05) is 30.3 Å². The van der Waals surface area contributed by atoms with Crippen LogP contribution in [0.4, 0.5) is 28.0 Å². The Kier molecular flexibility index (Phi) is 7.97. The molecule has 2 aromatic carbocycles. The topological polar surface area (TPSA) is 107 Å². The van der Waals surface area contributed by atoms with Crippen molar-refractivity contribution in [3.8, 4) is 5.75 Å². The number of carbonyl (C=O) groups is 3. The zero-order valence-corrected chi connectivity index (χ0v) is 22.1. The lowest BCUT2D eigenvalue weighted by molar-refractivity contribution is -0.171. The minimum Gasteiger partial charge on any atom is -0.487 e. The van der Waals surface area contributed by atoms with E-state index in [1.807, 2.05) is 0 Å². The van der Waals surface area contributed by atoms with Crippen LogP contribution < -0.4 is 15.0 Å². The lowest BCUT2D eigenvalue weighted by atomic mass is 9.87. The summed E-state index contributed by atoms with van der Waals surface area (Å²) in [5.41, 5.74) is -0.857. The Morgan fingerprint density at radius 3 is 2.40 bits per heavy atom. The number of fused-ring (bicyclic) bond motifs is 3. The molecule has 13 heteroatoms. The SMILES string of the molecule is COC(=O)CN(C(=O)C(F)(F)F)c1c(OCc2ccccc2)cc2c(c1F)C[C@H](NC(=O)OC(C)(C)C)[C@@H]1O[C@H]21. The van der Waals surface area contributed by atoms with E-state index in [0.29, 0.717) is 11.1 Å². The van der Waals surface area contributed by atoms with Crippen molar-refractivity contribution in [1.29, 1.82) is 0 Å². The van der Waals surface area contributed by atoms with E-state index in [2.05, 4.69) is 10.1 Å². The molecule has 0 saturated carbocycles. The zero-order chi connectivity index (χ0) is 29.4. The summed E-state index contributed by atoms with van der Waals surface area (Å²) in [6.07, 6.45) is -7.62. The Labute approximate surface area is 227 Å². The number of ether oxygens (including phenoxy) is 4. The number of carbonyl (C=O) groups excluding carboxylic acids is 3. The van der Waals surface area contributed by atoms with Crippen LogP contribution in [0.15, 0.2) is 36.4 Å². The summed E-state index contributed by atoms with van der Waals surface area (Å²) < 4.78 is 78.3. The fraction of sp³-hybridized carbons (Fsp3) is 0.444. The van der Waals surface area contributed by atoms with Gasteiger partial charge in [0.15, 0.2) is 5.82 Å². The van der Waals surface area contributed by atoms with Gasteiger partial charge in [-0.15, -0.1) is 0 Å². The molecule has 1 aliphatic carbocycles. The molecular formula is C27H28F4N2O7. The van der Waals surface area contributed by atoms with Gasteiger partial charge < -0.3 is 24.3 Å². The maximum Gasteiger partial charge on any atom is 0.471 e. The number of nitrogens with zero attached hydrogens (tertiary/aromatic N) is 1. The predicted molar refractivity (Wildman–Crippen MR) is 132 cm³/mol. The standard InChI is InChI=1S/C27H28F4N2O7/c1-26(2,3)40-25(36)32-17-10-15-16(22-23(17)39-22)11-18(38-13-14-8-6-5-7-9-14)21(20(15)28)33(12-19(34)37-4)24(35)27(29,30)31/h5-9,11,17,22-23H,10,12-13H2,1-4H3,(H,32,36)/t17-,22+,23-/m0/s1. The molecule has 216 valence electrons. The lowest BCUT2D eigenvalue weighted by Gasteiger charge is -2.30. The van der Waals surface area contributed by atoms with Crippen molar-refractivity contribution in [3.05, 3.63) is 58.9 Å². The quantitative estimate of drug-likeness (QED) is 0.301. The monoisotopic (exact) mass is 568 g/mol. The molecule has 2 aliphatic rings. The second kappa shape index (κ2) is 11.0. The van der Waals surface area contributed by atoms with Gasteiger partial charge in [-0.2, -0.15) is 13.2 Å². The largest absolute Gasteiger partial charge is 0.487 e. The molecule has 1 aliphatic heterocycles. The van der Waals surface area contributed by atoms with Crippen LogP contribution in [0, 0.1) is 5.82 Å². The molecule has 0 unspecified atom stereocenters. The van der Waals surface area contributed by atoms with Crippen molar-refractivity contribution >= 4 is 23.7 Å². The first-order valence-corrected chi connectivity index (χ1v) is 12.3. The number of benzene rings is 2. The van der Waals surface area contributed by atoms with Gasteiger partial charge in [0, 0.05) is 0 Å². The molecule has 1 N–H and O–H groups in total. The fourth-order valence-corrected chi connectivity index (χ4v) is 4.44. The van der Waals surface area contributed by atoms with Crippen LogP contribution in [0.5, 0.6) is 5.75 Å². The molecule has 40 heavy (non-hydrogen) atoms. The molecule has 3 atom stereocenters. The van der Waals surface area contributed by atoms with E-state index < -0.39 is 71.8 Å². The fourth-order valence-electron chi connectivity index (χ4n) is 4.44. The maximum atomic E-state index is 16.3. The second-order valence-corrected chi connectivity index (χ2v) is 10.3. The molecule has 9 nitrogen and oxygen atoms in total. The molecule has 0 aromatic heterocycles. The molecule has 2 amide bonds. The average Bonchev–Trinajstić information content (AvgIpc) is 3.67. The van der Waals surface area contributed by atoms with Gasteiger partial charge in [0.2, 0.25) is 0 Å². The van der Waals surface area contributed by atoms with Crippen LogP contribution in [0.25, 0.3) is 0 Å². The van der Waals surface area contributed by atoms with Crippen molar-refractivity contribution in [2.75, 3.05) is 18.6 Å². The van der Waals surface area contributed by atoms with Crippen LogP contribution in [0.2, 0.25) is 0 Å². The lowest BCUT2D eigenvalue weighted by Crippen LogP contribution is -2.46. The van der Waals surface area contributed by atoms with Crippen LogP contribution >= 0.6 is 0 Å². The Morgan fingerprint density at radius 1 is 1.12 bits per heavy atom. The number of alkyl carbamates (subject to hydrolysis) is 1. The number of hydrogen-bond acceptors (Lipinski definition) is 7. The van der Waals surface area contributed by atoms with Gasteiger partial charge in [-0.25, -0.2) is 9.18 Å². The zero-order valence-electron chi connectivity index (χ0n) is 22.1. The Morgan fingerprint density at radius 2 is 1.80 bits per heavy atom. The number of anilines is 1. The maximum absolute atomic E-state index is 16.3. The molecule has 2 aromatic rings. The summed E-state index contributed by atoms with van der Waals surface area (Å²) in [5.74, 6) is -5.30. The van der Waals surface area contributed by atoms with Crippen LogP contribution in [-0.2, 0) is 36.8 Å². The summed E-state index contributed by atoms with van der Waals surface area (Å²) in [6.45, 7) is 3.59. The predicted octanol–water partition coefficient (Wildman–Crippen LogP) is 4.36. The highest BCUT2D eigenvalue weighted by molar-refractivity contribution is 6.02. The van der Waals surface area contributed by atoms with E-state index in [9.17, 15) is 27.6 Å². The third-order valence-electron chi connectivity index (χ3n) is 6.21. The highest BCUT2D eigenvalue weighted by Gasteiger charge is 2.53. The number of esters is 1. The molecule has 1 saturated heterocycles. The first kappa shape index (κ1) is 29.1. The molecule has 0 radical (unpaired) electrons. The number of nitrogens with one attached hydrogen (secondary N) is 1. The first-order chi connectivity index (χ1) is 18.7. The van der Waals surface area contributed by atoms with Gasteiger partial charge in [-0.3, -0.25) is 14.5 Å². The van der Waals surface area contributed by atoms with E-state index in [0.717, 1.165) is 7.11 Å².